The summed E-state index contributed by atoms with van der Waals surface area (Å²) in [4.78, 5) is 23.1. The number of carbonyl (C=O) groups excluding carboxylic acids is 1. The van der Waals surface area contributed by atoms with Gasteiger partial charge in [-0.1, -0.05) is 42.5 Å². The number of hydrogen-bond donors (Lipinski definition) is 3. The molecule has 2 aromatic rings. The van der Waals surface area contributed by atoms with E-state index in [1.54, 1.807) is 11.8 Å². The molecule has 24 heavy (non-hydrogen) atoms. The normalized spacial score (nSPS) is 12.0. The molecule has 3 N–H and O–H groups in total. The summed E-state index contributed by atoms with van der Waals surface area (Å²) in [6.07, 6.45) is 2.33. The molecule has 1 atom stereocenters. The first-order chi connectivity index (χ1) is 11.6. The predicted octanol–water partition coefficient (Wildman–Crippen LogP) is 2.25. The molecule has 0 heterocycles. The van der Waals surface area contributed by atoms with Gasteiger partial charge < -0.3 is 15.7 Å². The molecule has 0 aliphatic rings. The Hall–Kier alpha value is -2.05. The molecule has 0 aliphatic carbocycles. The Labute approximate surface area is 145 Å². The molecule has 6 heteroatoms. The van der Waals surface area contributed by atoms with E-state index < -0.39 is 12.0 Å². The number of nitrogens with one attached hydrogen (secondary N) is 2. The van der Waals surface area contributed by atoms with Crippen molar-refractivity contribution >= 4 is 34.4 Å². The number of hydrogen-bond acceptors (Lipinski definition) is 4. The molecular weight excluding hydrogens is 324 g/mol. The topological polar surface area (TPSA) is 78.4 Å². The lowest BCUT2D eigenvalue weighted by Gasteiger charge is -2.14. The molecule has 128 valence electrons. The Morgan fingerprint density at radius 3 is 2.67 bits per heavy atom. The van der Waals surface area contributed by atoms with Crippen LogP contribution in [-0.2, 0) is 16.1 Å². The molecule has 1 amide bonds. The van der Waals surface area contributed by atoms with Crippen LogP contribution in [0.2, 0.25) is 0 Å². The maximum absolute atomic E-state index is 11.9. The Morgan fingerprint density at radius 1 is 1.17 bits per heavy atom. The Morgan fingerprint density at radius 2 is 1.92 bits per heavy atom. The van der Waals surface area contributed by atoms with Crippen molar-refractivity contribution in [1.82, 2.24) is 10.6 Å². The lowest BCUT2D eigenvalue weighted by atomic mass is 10.0. The number of carboxylic acid groups (broad SMARTS) is 1. The first kappa shape index (κ1) is 18.3. The van der Waals surface area contributed by atoms with E-state index in [0.29, 0.717) is 18.7 Å². The summed E-state index contributed by atoms with van der Waals surface area (Å²) < 4.78 is 0. The zero-order valence-corrected chi connectivity index (χ0v) is 14.4. The third-order valence-electron chi connectivity index (χ3n) is 3.72. The highest BCUT2D eigenvalue weighted by Gasteiger charge is 2.18. The monoisotopic (exact) mass is 346 g/mol. The van der Waals surface area contributed by atoms with Gasteiger partial charge in [-0.25, -0.2) is 4.79 Å². The first-order valence-corrected chi connectivity index (χ1v) is 9.19. The van der Waals surface area contributed by atoms with Gasteiger partial charge in [0.15, 0.2) is 0 Å². The molecule has 0 saturated heterocycles. The largest absolute Gasteiger partial charge is 0.480 e. The predicted molar refractivity (Wildman–Crippen MR) is 98.2 cm³/mol. The van der Waals surface area contributed by atoms with Gasteiger partial charge >= 0.3 is 5.97 Å². The molecule has 5 nitrogen and oxygen atoms in total. The fourth-order valence-electron chi connectivity index (χ4n) is 2.50. The zero-order valence-electron chi connectivity index (χ0n) is 13.6. The van der Waals surface area contributed by atoms with Crippen LogP contribution < -0.4 is 10.6 Å². The van der Waals surface area contributed by atoms with Crippen molar-refractivity contribution in [3.63, 3.8) is 0 Å². The molecule has 2 aromatic carbocycles. The first-order valence-electron chi connectivity index (χ1n) is 7.80. The minimum atomic E-state index is -0.994. The minimum absolute atomic E-state index is 0.0896. The summed E-state index contributed by atoms with van der Waals surface area (Å²) in [6.45, 7) is 0.642. The molecular formula is C18H22N2O3S. The number of rotatable bonds is 9. The Bertz CT molecular complexity index is 700. The highest BCUT2D eigenvalue weighted by Crippen LogP contribution is 2.18. The van der Waals surface area contributed by atoms with Crippen molar-refractivity contribution in [2.45, 2.75) is 19.0 Å². The van der Waals surface area contributed by atoms with Gasteiger partial charge in [0.2, 0.25) is 5.91 Å². The summed E-state index contributed by atoms with van der Waals surface area (Å²) >= 11 is 1.56. The van der Waals surface area contributed by atoms with E-state index in [4.69, 9.17) is 5.11 Å². The van der Waals surface area contributed by atoms with E-state index in [0.717, 1.165) is 16.3 Å². The lowest BCUT2D eigenvalue weighted by Crippen LogP contribution is -2.44. The third kappa shape index (κ3) is 5.25. The van der Waals surface area contributed by atoms with Crippen LogP contribution in [0.15, 0.2) is 42.5 Å². The molecule has 0 radical (unpaired) electrons. The van der Waals surface area contributed by atoms with Crippen molar-refractivity contribution in [2.24, 2.45) is 0 Å². The van der Waals surface area contributed by atoms with E-state index in [2.05, 4.69) is 28.8 Å². The van der Waals surface area contributed by atoms with Gasteiger partial charge in [0.25, 0.3) is 0 Å². The Kier molecular flexibility index (Phi) is 7.08. The second-order valence-corrected chi connectivity index (χ2v) is 6.47. The average molecular weight is 346 g/mol. The summed E-state index contributed by atoms with van der Waals surface area (Å²) in [5, 5.41) is 17.1. The fourth-order valence-corrected chi connectivity index (χ4v) is 2.97. The average Bonchev–Trinajstić information content (AvgIpc) is 2.58. The molecule has 0 saturated carbocycles. The fraction of sp³-hybridized carbons (Fsp3) is 0.333. The van der Waals surface area contributed by atoms with E-state index in [1.165, 1.54) is 0 Å². The van der Waals surface area contributed by atoms with Crippen molar-refractivity contribution in [2.75, 3.05) is 18.6 Å². The van der Waals surface area contributed by atoms with Crippen LogP contribution in [0.25, 0.3) is 10.8 Å². The van der Waals surface area contributed by atoms with Crippen LogP contribution in [0.4, 0.5) is 0 Å². The SMILES string of the molecule is CSCC[C@H](NC(=O)CNCc1cccc2ccccc12)C(=O)O. The molecule has 0 aromatic heterocycles. The summed E-state index contributed by atoms with van der Waals surface area (Å²) in [7, 11) is 0. The van der Waals surface area contributed by atoms with Crippen molar-refractivity contribution < 1.29 is 14.7 Å². The number of thioether (sulfide) groups is 1. The van der Waals surface area contributed by atoms with Crippen molar-refractivity contribution in [1.29, 1.82) is 0 Å². The van der Waals surface area contributed by atoms with E-state index >= 15 is 0 Å². The van der Waals surface area contributed by atoms with E-state index in [9.17, 15) is 9.59 Å². The maximum atomic E-state index is 11.9. The number of carbonyl (C=O) groups is 2. The van der Waals surface area contributed by atoms with Gasteiger partial charge in [0.1, 0.15) is 6.04 Å². The van der Waals surface area contributed by atoms with Crippen LogP contribution >= 0.6 is 11.8 Å². The van der Waals surface area contributed by atoms with Crippen LogP contribution in [0, 0.1) is 0 Å². The molecule has 0 bridgehead atoms. The molecule has 0 spiro atoms. The number of amides is 1. The molecule has 0 aliphatic heterocycles. The van der Waals surface area contributed by atoms with Crippen LogP contribution in [0.3, 0.4) is 0 Å². The summed E-state index contributed by atoms with van der Waals surface area (Å²) in [5.74, 6) is -0.601. The lowest BCUT2D eigenvalue weighted by molar-refractivity contribution is -0.141. The van der Waals surface area contributed by atoms with Gasteiger partial charge in [-0.2, -0.15) is 11.8 Å². The van der Waals surface area contributed by atoms with E-state index in [-0.39, 0.29) is 12.5 Å². The number of aliphatic carboxylic acids is 1. The molecule has 2 rings (SSSR count). The highest BCUT2D eigenvalue weighted by molar-refractivity contribution is 7.98. The van der Waals surface area contributed by atoms with Gasteiger partial charge in [-0.15, -0.1) is 0 Å². The quantitative estimate of drug-likeness (QED) is 0.649. The number of benzene rings is 2. The number of carboxylic acids is 1. The van der Waals surface area contributed by atoms with Crippen molar-refractivity contribution in [3.8, 4) is 0 Å². The van der Waals surface area contributed by atoms with Gasteiger partial charge in [-0.3, -0.25) is 4.79 Å². The Balaban J connectivity index is 1.86. The minimum Gasteiger partial charge on any atom is -0.480 e. The maximum Gasteiger partial charge on any atom is 0.326 e. The van der Waals surface area contributed by atoms with Crippen molar-refractivity contribution in [3.05, 3.63) is 48.0 Å². The van der Waals surface area contributed by atoms with Gasteiger partial charge in [0.05, 0.1) is 6.54 Å². The van der Waals surface area contributed by atoms with Crippen LogP contribution in [-0.4, -0.2) is 41.6 Å². The summed E-state index contributed by atoms with van der Waals surface area (Å²) in [6, 6.07) is 13.3. The highest BCUT2D eigenvalue weighted by atomic mass is 32.2. The molecule has 0 fully saturated rings. The van der Waals surface area contributed by atoms with E-state index in [1.807, 2.05) is 30.5 Å². The smallest absolute Gasteiger partial charge is 0.326 e. The third-order valence-corrected chi connectivity index (χ3v) is 4.37. The summed E-state index contributed by atoms with van der Waals surface area (Å²) in [5.41, 5.74) is 1.11. The standard InChI is InChI=1S/C18H22N2O3S/c1-24-10-9-16(18(22)23)20-17(21)12-19-11-14-7-4-6-13-5-2-3-8-15(13)14/h2-8,16,19H,9-12H2,1H3,(H,20,21)(H,22,23)/t16-/m0/s1. The van der Waals surface area contributed by atoms with Gasteiger partial charge in [0, 0.05) is 6.54 Å². The zero-order chi connectivity index (χ0) is 17.4. The second-order valence-electron chi connectivity index (χ2n) is 5.48. The number of fused-ring (bicyclic) bond motifs is 1. The van der Waals surface area contributed by atoms with Crippen LogP contribution in [0.5, 0.6) is 0 Å². The second kappa shape index (κ2) is 9.30. The van der Waals surface area contributed by atoms with Gasteiger partial charge in [-0.05, 0) is 34.8 Å². The molecule has 0 unspecified atom stereocenters. The van der Waals surface area contributed by atoms with Crippen LogP contribution in [0.1, 0.15) is 12.0 Å².